The van der Waals surface area contributed by atoms with Crippen molar-refractivity contribution in [1.29, 1.82) is 0 Å². The maximum Gasteiger partial charge on any atom is 1.00 e. The smallest absolute Gasteiger partial charge is 1.00 e. The van der Waals surface area contributed by atoms with Crippen molar-refractivity contribution in [1.82, 2.24) is 0 Å². The maximum atomic E-state index is 8.81. The normalized spacial score (nSPS) is 5.83. The zero-order valence-corrected chi connectivity index (χ0v) is 7.54. The Labute approximate surface area is 66.3 Å². The summed E-state index contributed by atoms with van der Waals surface area (Å²) < 4.78 is 23.3. The minimum atomic E-state index is -3.61. The molecule has 0 spiro atoms. The van der Waals surface area contributed by atoms with E-state index in [9.17, 15) is 0 Å². The van der Waals surface area contributed by atoms with Gasteiger partial charge in [0.05, 0.1) is 0 Å². The van der Waals surface area contributed by atoms with Crippen molar-refractivity contribution >= 4 is 20.4 Å². The van der Waals surface area contributed by atoms with E-state index in [0.29, 0.717) is 0 Å². The molecule has 0 unspecified atom stereocenters. The Hall–Kier alpha value is 1.47. The molecule has 0 atom stereocenters. The van der Waals surface area contributed by atoms with Gasteiger partial charge in [0, 0.05) is 0 Å². The van der Waals surface area contributed by atoms with Crippen molar-refractivity contribution in [2.24, 2.45) is 0 Å². The van der Waals surface area contributed by atoms with Crippen LogP contribution in [-0.4, -0.2) is 32.8 Å². The largest absolute Gasteiger partial charge is 1.00 e. The summed E-state index contributed by atoms with van der Waals surface area (Å²) in [6, 6.07) is 0. The van der Waals surface area contributed by atoms with Gasteiger partial charge in [0.15, 0.2) is 0 Å². The molecule has 0 saturated heterocycles. The molecule has 0 aromatic rings. The van der Waals surface area contributed by atoms with Gasteiger partial charge >= 0.3 is 60.0 Å². The van der Waals surface area contributed by atoms with E-state index in [4.69, 9.17) is 10.0 Å². The molecule has 0 rings (SSSR count). The van der Waals surface area contributed by atoms with Crippen molar-refractivity contribution < 1.29 is 46.5 Å². The third kappa shape index (κ3) is 50.6. The van der Waals surface area contributed by atoms with E-state index >= 15 is 0 Å². The Balaban J connectivity index is -0.0000000150. The molecule has 0 aliphatic heterocycles. The fourth-order valence-electron chi connectivity index (χ4n) is 0. The zero-order valence-electron chi connectivity index (χ0n) is 4.21. The molecule has 6 heavy (non-hydrogen) atoms. The summed E-state index contributed by atoms with van der Waals surface area (Å²) >= 11 is -3.61. The Morgan fingerprint density at radius 3 is 1.50 bits per heavy atom. The average molecular weight is 220 g/mol. The van der Waals surface area contributed by atoms with Crippen LogP contribution in [0.15, 0.2) is 0 Å². The second-order valence-corrected chi connectivity index (χ2v) is 1.55. The van der Waals surface area contributed by atoms with Crippen LogP contribution in [0.5, 0.6) is 0 Å². The summed E-state index contributed by atoms with van der Waals surface area (Å²) in [5.41, 5.74) is 0. The first-order valence-corrected chi connectivity index (χ1v) is 3.57. The van der Waals surface area contributed by atoms with Gasteiger partial charge in [0.1, 0.15) is 0 Å². The van der Waals surface area contributed by atoms with Gasteiger partial charge in [-0.15, -0.1) is 0 Å². The quantitative estimate of drug-likeness (QED) is 0.399. The molecule has 0 heterocycles. The van der Waals surface area contributed by atoms with Crippen molar-refractivity contribution in [3.8, 4) is 0 Å². The summed E-state index contributed by atoms with van der Waals surface area (Å²) in [6.07, 6.45) is 0. The fraction of sp³-hybridized carbons (Fsp3) is 0. The van der Waals surface area contributed by atoms with Crippen LogP contribution >= 0.6 is 0 Å². The predicted octanol–water partition coefficient (Wildman–Crippen LogP) is -5.32. The first-order valence-electron chi connectivity index (χ1n) is 0.532. The Morgan fingerprint density at radius 1 is 1.50 bits per heavy atom. The van der Waals surface area contributed by atoms with Crippen LogP contribution in [-0.2, 0) is 3.10 Å². The van der Waals surface area contributed by atoms with Gasteiger partial charge < -0.3 is 6.90 Å². The molecule has 0 aromatic heterocycles. The van der Waals surface area contributed by atoms with E-state index in [1.165, 1.54) is 0 Å². The third-order valence-electron chi connectivity index (χ3n) is 0. The minimum absolute atomic E-state index is 0. The second-order valence-electron chi connectivity index (χ2n) is 0.231. The molecule has 0 radical (unpaired) electrons. The molecule has 4 nitrogen and oxygen atoms in total. The van der Waals surface area contributed by atoms with E-state index in [1.54, 1.807) is 0 Å². The van der Waals surface area contributed by atoms with E-state index in [1.807, 2.05) is 0 Å². The molecule has 6 heteroatoms. The van der Waals surface area contributed by atoms with Crippen molar-refractivity contribution in [2.45, 2.75) is 0 Å². The maximum absolute atomic E-state index is 8.81. The summed E-state index contributed by atoms with van der Waals surface area (Å²) in [7, 11) is 0. The van der Waals surface area contributed by atoms with Gasteiger partial charge in [-0.25, -0.2) is 0 Å². The Morgan fingerprint density at radius 2 is 1.50 bits per heavy atom. The summed E-state index contributed by atoms with van der Waals surface area (Å²) in [6.45, 7) is 0. The van der Waals surface area contributed by atoms with Crippen LogP contribution in [0.1, 0.15) is 1.43 Å². The SMILES string of the molecule is O.O=[Te](O)O.[H-].[Na+]. The van der Waals surface area contributed by atoms with Crippen molar-refractivity contribution in [2.75, 3.05) is 0 Å². The van der Waals surface area contributed by atoms with E-state index in [-0.39, 0.29) is 36.5 Å². The van der Waals surface area contributed by atoms with Crippen molar-refractivity contribution in [3.05, 3.63) is 0 Å². The predicted molar refractivity (Wildman–Crippen MR) is 15.6 cm³/mol. The van der Waals surface area contributed by atoms with Crippen LogP contribution < -0.4 is 29.6 Å². The monoisotopic (exact) mass is 222 g/mol. The molecule has 0 aliphatic rings. The molecular formula is H5NaO4Te. The zero-order chi connectivity index (χ0) is 3.58. The van der Waals surface area contributed by atoms with Crippen LogP contribution in [0.3, 0.4) is 0 Å². The molecule has 0 saturated carbocycles. The molecule has 0 aromatic carbocycles. The van der Waals surface area contributed by atoms with Crippen molar-refractivity contribution in [3.63, 3.8) is 0 Å². The van der Waals surface area contributed by atoms with Crippen LogP contribution in [0.25, 0.3) is 0 Å². The molecule has 0 aliphatic carbocycles. The Kier molecular flexibility index (Phi) is 25.3. The van der Waals surface area contributed by atoms with E-state index in [2.05, 4.69) is 0 Å². The molecule has 0 amide bonds. The van der Waals surface area contributed by atoms with Gasteiger partial charge in [-0.1, -0.05) is 0 Å². The molecule has 36 valence electrons. The van der Waals surface area contributed by atoms with Gasteiger partial charge in [0.2, 0.25) is 0 Å². The Bertz CT molecular complexity index is 34.7. The fourth-order valence-corrected chi connectivity index (χ4v) is 0. The average Bonchev–Trinajstić information content (AvgIpc) is 0.811. The summed E-state index contributed by atoms with van der Waals surface area (Å²) in [4.78, 5) is 0. The molecule has 4 N–H and O–H groups in total. The number of hydrogen-bond donors (Lipinski definition) is 2. The number of rotatable bonds is 0. The van der Waals surface area contributed by atoms with Gasteiger partial charge in [-0.05, 0) is 0 Å². The molecular weight excluding hydrogens is 215 g/mol. The first-order chi connectivity index (χ1) is 1.73. The van der Waals surface area contributed by atoms with Crippen LogP contribution in [0.4, 0.5) is 0 Å². The second kappa shape index (κ2) is 9.69. The number of hydrogen-bond acceptors (Lipinski definition) is 1. The van der Waals surface area contributed by atoms with Gasteiger partial charge in [-0.2, -0.15) is 0 Å². The summed E-state index contributed by atoms with van der Waals surface area (Å²) in [5.74, 6) is 0. The van der Waals surface area contributed by atoms with Crippen LogP contribution in [0, 0.1) is 0 Å². The van der Waals surface area contributed by atoms with Gasteiger partial charge in [0.25, 0.3) is 0 Å². The van der Waals surface area contributed by atoms with E-state index < -0.39 is 20.4 Å². The van der Waals surface area contributed by atoms with E-state index in [0.717, 1.165) is 0 Å². The van der Waals surface area contributed by atoms with Crippen LogP contribution in [0.2, 0.25) is 0 Å². The summed E-state index contributed by atoms with van der Waals surface area (Å²) in [5, 5.41) is 0. The topological polar surface area (TPSA) is 89.0 Å². The molecule has 0 fully saturated rings. The van der Waals surface area contributed by atoms with Gasteiger partial charge in [-0.3, -0.25) is 0 Å². The third-order valence-corrected chi connectivity index (χ3v) is 0. The minimum Gasteiger partial charge on any atom is -1.00 e. The standard InChI is InChI=1S/Na.H2O3Te.H2O.H/c;1-4(2)3;;/h;(H2,1,2,3);1H2;/q+1;;;-1. The first kappa shape index (κ1) is 15.7. The molecule has 0 bridgehead atoms.